The Kier molecular flexibility index (Phi) is 8.46. The van der Waals surface area contributed by atoms with Gasteiger partial charge in [0.1, 0.15) is 6.61 Å². The maximum atomic E-state index is 12.2. The number of carboxylic acids is 1. The number of hydrogen-bond donors (Lipinski definition) is 3. The maximum absolute atomic E-state index is 12.2. The van der Waals surface area contributed by atoms with Crippen LogP contribution in [0.4, 0.5) is 4.79 Å². The van der Waals surface area contributed by atoms with Crippen molar-refractivity contribution in [1.29, 1.82) is 0 Å². The highest BCUT2D eigenvalue weighted by Crippen LogP contribution is 2.44. The molecule has 7 nitrogen and oxygen atoms in total. The third kappa shape index (κ3) is 6.57. The van der Waals surface area contributed by atoms with Gasteiger partial charge in [0.25, 0.3) is 0 Å². The number of nitrogens with one attached hydrogen (secondary N) is 2. The molecule has 0 unspecified atom stereocenters. The van der Waals surface area contributed by atoms with E-state index in [1.807, 2.05) is 38.1 Å². The van der Waals surface area contributed by atoms with Gasteiger partial charge >= 0.3 is 12.1 Å². The van der Waals surface area contributed by atoms with E-state index in [2.05, 4.69) is 34.9 Å². The van der Waals surface area contributed by atoms with Crippen molar-refractivity contribution in [2.75, 3.05) is 13.2 Å². The van der Waals surface area contributed by atoms with E-state index < -0.39 is 12.1 Å². The first kappa shape index (κ1) is 24.3. The molecule has 3 rings (SSSR count). The van der Waals surface area contributed by atoms with Crippen LogP contribution in [0.15, 0.2) is 48.5 Å². The average Bonchev–Trinajstić information content (AvgIpc) is 3.10. The van der Waals surface area contributed by atoms with Gasteiger partial charge in [-0.05, 0) is 41.0 Å². The second kappa shape index (κ2) is 11.5. The number of carbonyl (C=O) groups excluding carboxylic acids is 2. The minimum absolute atomic E-state index is 0.0200. The fourth-order valence-corrected chi connectivity index (χ4v) is 4.17. The van der Waals surface area contributed by atoms with Crippen molar-refractivity contribution in [2.24, 2.45) is 5.92 Å². The predicted molar refractivity (Wildman–Crippen MR) is 126 cm³/mol. The Bertz CT molecular complexity index is 943. The summed E-state index contributed by atoms with van der Waals surface area (Å²) >= 11 is 0. The normalized spacial score (nSPS) is 13.2. The number of ether oxygens (including phenoxy) is 1. The number of fused-ring (bicyclic) bond motifs is 3. The number of benzene rings is 2. The summed E-state index contributed by atoms with van der Waals surface area (Å²) in [6.45, 7) is 4.44. The molecule has 0 aliphatic heterocycles. The largest absolute Gasteiger partial charge is 0.481 e. The zero-order chi connectivity index (χ0) is 23.8. The molecule has 0 heterocycles. The highest BCUT2D eigenvalue weighted by Gasteiger charge is 2.29. The first-order valence-corrected chi connectivity index (χ1v) is 11.5. The lowest BCUT2D eigenvalue weighted by atomic mass is 9.98. The van der Waals surface area contributed by atoms with E-state index in [4.69, 9.17) is 9.84 Å². The molecule has 0 aromatic heterocycles. The smallest absolute Gasteiger partial charge is 0.407 e. The fraction of sp³-hybridized carbons (Fsp3) is 0.423. The Morgan fingerprint density at radius 2 is 1.58 bits per heavy atom. The van der Waals surface area contributed by atoms with Crippen LogP contribution in [0.2, 0.25) is 0 Å². The van der Waals surface area contributed by atoms with Gasteiger partial charge in [-0.25, -0.2) is 4.79 Å². The Morgan fingerprint density at radius 1 is 0.970 bits per heavy atom. The standard InChI is InChI=1S/C26H32N2O5/c1-17(2)23(15-25(30)31)28-24(29)13-7-8-14-27-26(32)33-16-22-20-11-5-3-9-18(20)19-10-4-6-12-21(19)22/h3-6,9-12,17,22-23H,7-8,13-16H2,1-2H3,(H,27,32)(H,28,29)(H,30,31)/t23-/m1/s1. The molecule has 0 radical (unpaired) electrons. The molecule has 0 saturated carbocycles. The van der Waals surface area contributed by atoms with Gasteiger partial charge < -0.3 is 20.5 Å². The predicted octanol–water partition coefficient (Wildman–Crippen LogP) is 4.31. The molecular formula is C26H32N2O5. The van der Waals surface area contributed by atoms with Gasteiger partial charge in [-0.1, -0.05) is 62.4 Å². The number of alkyl carbamates (subject to hydrolysis) is 1. The third-order valence-electron chi connectivity index (χ3n) is 5.99. The van der Waals surface area contributed by atoms with E-state index >= 15 is 0 Å². The van der Waals surface area contributed by atoms with Crippen LogP contribution in [-0.4, -0.2) is 42.3 Å². The van der Waals surface area contributed by atoms with Gasteiger partial charge in [-0.15, -0.1) is 0 Å². The molecule has 0 spiro atoms. The van der Waals surface area contributed by atoms with Crippen LogP contribution in [0.25, 0.3) is 11.1 Å². The number of amides is 2. The van der Waals surface area contributed by atoms with Crippen LogP contribution >= 0.6 is 0 Å². The van der Waals surface area contributed by atoms with E-state index in [-0.39, 0.29) is 43.2 Å². The number of aliphatic carboxylic acids is 1. The summed E-state index contributed by atoms with van der Waals surface area (Å²) in [6.07, 6.45) is 0.945. The Hall–Kier alpha value is -3.35. The monoisotopic (exact) mass is 452 g/mol. The maximum Gasteiger partial charge on any atom is 0.407 e. The van der Waals surface area contributed by atoms with Crippen LogP contribution in [0, 0.1) is 5.92 Å². The quantitative estimate of drug-likeness (QED) is 0.441. The molecule has 2 amide bonds. The molecule has 0 saturated heterocycles. The van der Waals surface area contributed by atoms with Gasteiger partial charge in [0.05, 0.1) is 6.42 Å². The lowest BCUT2D eigenvalue weighted by Gasteiger charge is -2.20. The summed E-state index contributed by atoms with van der Waals surface area (Å²) in [5.41, 5.74) is 4.70. The highest BCUT2D eigenvalue weighted by molar-refractivity contribution is 5.79. The minimum Gasteiger partial charge on any atom is -0.481 e. The zero-order valence-electron chi connectivity index (χ0n) is 19.2. The first-order valence-electron chi connectivity index (χ1n) is 11.5. The molecule has 3 N–H and O–H groups in total. The molecule has 7 heteroatoms. The van der Waals surface area contributed by atoms with Gasteiger partial charge in [0.2, 0.25) is 5.91 Å². The van der Waals surface area contributed by atoms with Crippen LogP contribution in [0.5, 0.6) is 0 Å². The van der Waals surface area contributed by atoms with Crippen molar-refractivity contribution in [1.82, 2.24) is 10.6 Å². The van der Waals surface area contributed by atoms with Gasteiger partial charge in [0.15, 0.2) is 0 Å². The molecule has 2 aromatic rings. The van der Waals surface area contributed by atoms with Gasteiger partial charge in [0, 0.05) is 24.9 Å². The molecule has 0 fully saturated rings. The number of hydrogen-bond acceptors (Lipinski definition) is 4. The topological polar surface area (TPSA) is 105 Å². The SMILES string of the molecule is CC(C)[C@@H](CC(=O)O)NC(=O)CCCCNC(=O)OCC1c2ccccc2-c2ccccc21. The molecule has 0 bridgehead atoms. The number of carboxylic acid groups (broad SMARTS) is 1. The Balaban J connectivity index is 1.37. The molecule has 1 aliphatic carbocycles. The first-order chi connectivity index (χ1) is 15.9. The average molecular weight is 453 g/mol. The zero-order valence-corrected chi connectivity index (χ0v) is 19.2. The molecule has 176 valence electrons. The highest BCUT2D eigenvalue weighted by atomic mass is 16.5. The van der Waals surface area contributed by atoms with Crippen molar-refractivity contribution >= 4 is 18.0 Å². The molecule has 2 aromatic carbocycles. The van der Waals surface area contributed by atoms with Crippen LogP contribution in [0.1, 0.15) is 56.6 Å². The van der Waals surface area contributed by atoms with E-state index in [9.17, 15) is 14.4 Å². The summed E-state index contributed by atoms with van der Waals surface area (Å²) in [5, 5.41) is 14.5. The fourth-order valence-electron chi connectivity index (χ4n) is 4.17. The minimum atomic E-state index is -0.929. The molecule has 33 heavy (non-hydrogen) atoms. The number of unbranched alkanes of at least 4 members (excludes halogenated alkanes) is 1. The van der Waals surface area contributed by atoms with Gasteiger partial charge in [-0.3, -0.25) is 9.59 Å². The lowest BCUT2D eigenvalue weighted by molar-refractivity contribution is -0.138. The summed E-state index contributed by atoms with van der Waals surface area (Å²) in [7, 11) is 0. The van der Waals surface area contributed by atoms with Crippen molar-refractivity contribution in [2.45, 2.75) is 51.5 Å². The van der Waals surface area contributed by atoms with Crippen molar-refractivity contribution in [3.63, 3.8) is 0 Å². The summed E-state index contributed by atoms with van der Waals surface area (Å²) in [4.78, 5) is 35.2. The molecule has 1 aliphatic rings. The van der Waals surface area contributed by atoms with Crippen molar-refractivity contribution in [3.05, 3.63) is 59.7 Å². The Labute approximate surface area is 194 Å². The number of carbonyl (C=O) groups is 3. The second-order valence-electron chi connectivity index (χ2n) is 8.73. The van der Waals surface area contributed by atoms with Gasteiger partial charge in [-0.2, -0.15) is 0 Å². The van der Waals surface area contributed by atoms with E-state index in [1.165, 1.54) is 22.3 Å². The van der Waals surface area contributed by atoms with E-state index in [1.54, 1.807) is 0 Å². The van der Waals surface area contributed by atoms with Crippen molar-refractivity contribution in [3.8, 4) is 11.1 Å². The van der Waals surface area contributed by atoms with Crippen LogP contribution in [-0.2, 0) is 14.3 Å². The molecule has 1 atom stereocenters. The Morgan fingerprint density at radius 3 is 2.15 bits per heavy atom. The van der Waals surface area contributed by atoms with Crippen molar-refractivity contribution < 1.29 is 24.2 Å². The van der Waals surface area contributed by atoms with E-state index in [0.29, 0.717) is 19.4 Å². The van der Waals surface area contributed by atoms with Crippen LogP contribution in [0.3, 0.4) is 0 Å². The second-order valence-corrected chi connectivity index (χ2v) is 8.73. The summed E-state index contributed by atoms with van der Waals surface area (Å²) in [5.74, 6) is -1.04. The number of rotatable bonds is 11. The van der Waals surface area contributed by atoms with E-state index in [0.717, 1.165) is 0 Å². The van der Waals surface area contributed by atoms with Crippen LogP contribution < -0.4 is 10.6 Å². The third-order valence-corrected chi connectivity index (χ3v) is 5.99. The summed E-state index contributed by atoms with van der Waals surface area (Å²) < 4.78 is 5.50. The summed E-state index contributed by atoms with van der Waals surface area (Å²) in [6, 6.07) is 16.0. The lowest BCUT2D eigenvalue weighted by Crippen LogP contribution is -2.40. The molecular weight excluding hydrogens is 420 g/mol.